The molecule has 0 fully saturated rings. The molecule has 0 amide bonds. The molecular weight excluding hydrogens is 363 g/mol. The molecule has 1 heterocycles. The van der Waals surface area contributed by atoms with E-state index in [1.54, 1.807) is 6.07 Å². The van der Waals surface area contributed by atoms with Gasteiger partial charge in [0.05, 0.1) is 21.1 Å². The Kier molecular flexibility index (Phi) is 3.87. The number of oxazole rings is 1. The topological polar surface area (TPSA) is 81.3 Å². The van der Waals surface area contributed by atoms with E-state index in [1.165, 1.54) is 41.9 Å². The molecule has 0 spiro atoms. The predicted molar refractivity (Wildman–Crippen MR) is 88.7 cm³/mol. The van der Waals surface area contributed by atoms with Gasteiger partial charge in [-0.3, -0.25) is 9.29 Å². The first-order chi connectivity index (χ1) is 10.8. The molecule has 9 heteroatoms. The van der Waals surface area contributed by atoms with Crippen molar-refractivity contribution >= 4 is 50.0 Å². The van der Waals surface area contributed by atoms with Gasteiger partial charge in [0.15, 0.2) is 5.58 Å². The van der Waals surface area contributed by atoms with Crippen LogP contribution in [-0.2, 0) is 17.1 Å². The Morgan fingerprint density at radius 1 is 1.13 bits per heavy atom. The lowest BCUT2D eigenvalue weighted by Gasteiger charge is -2.10. The molecule has 3 aromatic rings. The van der Waals surface area contributed by atoms with Gasteiger partial charge in [0.25, 0.3) is 10.0 Å². The summed E-state index contributed by atoms with van der Waals surface area (Å²) in [4.78, 5) is 11.4. The van der Waals surface area contributed by atoms with Crippen molar-refractivity contribution in [1.82, 2.24) is 4.57 Å². The Hall–Kier alpha value is -1.96. The van der Waals surface area contributed by atoms with Gasteiger partial charge in [0.2, 0.25) is 0 Å². The molecule has 0 saturated carbocycles. The van der Waals surface area contributed by atoms with Gasteiger partial charge >= 0.3 is 5.76 Å². The molecule has 23 heavy (non-hydrogen) atoms. The molecule has 1 N–H and O–H groups in total. The summed E-state index contributed by atoms with van der Waals surface area (Å²) < 4.78 is 33.6. The van der Waals surface area contributed by atoms with E-state index in [-0.39, 0.29) is 21.2 Å². The van der Waals surface area contributed by atoms with E-state index in [9.17, 15) is 13.2 Å². The number of halogens is 2. The van der Waals surface area contributed by atoms with E-state index in [0.717, 1.165) is 0 Å². The quantitative estimate of drug-likeness (QED) is 0.764. The van der Waals surface area contributed by atoms with Crippen LogP contribution < -0.4 is 10.5 Å². The molecule has 120 valence electrons. The number of benzene rings is 2. The van der Waals surface area contributed by atoms with Crippen LogP contribution in [0.5, 0.6) is 0 Å². The number of nitrogens with one attached hydrogen (secondary N) is 1. The molecule has 3 rings (SSSR count). The highest BCUT2D eigenvalue weighted by Gasteiger charge is 2.18. The van der Waals surface area contributed by atoms with Crippen molar-refractivity contribution in [2.45, 2.75) is 4.90 Å². The van der Waals surface area contributed by atoms with Gasteiger partial charge < -0.3 is 4.42 Å². The first-order valence-electron chi connectivity index (χ1n) is 6.35. The number of anilines is 1. The first-order valence-corrected chi connectivity index (χ1v) is 8.59. The van der Waals surface area contributed by atoms with Crippen molar-refractivity contribution in [2.24, 2.45) is 7.05 Å². The number of aromatic nitrogens is 1. The number of hydrogen-bond donors (Lipinski definition) is 1. The van der Waals surface area contributed by atoms with Crippen molar-refractivity contribution in [2.75, 3.05) is 4.72 Å². The molecular formula is C14H10Cl2N2O4S. The minimum absolute atomic E-state index is 0.0598. The zero-order valence-electron chi connectivity index (χ0n) is 11.7. The van der Waals surface area contributed by atoms with Crippen LogP contribution in [0, 0.1) is 0 Å². The fraction of sp³-hybridized carbons (Fsp3) is 0.0714. The van der Waals surface area contributed by atoms with Crippen molar-refractivity contribution in [3.63, 3.8) is 0 Å². The van der Waals surface area contributed by atoms with Crippen LogP contribution in [0.25, 0.3) is 11.1 Å². The smallest absolute Gasteiger partial charge is 0.408 e. The number of rotatable bonds is 3. The minimum Gasteiger partial charge on any atom is -0.408 e. The third kappa shape index (κ3) is 2.95. The minimum atomic E-state index is -3.91. The average molecular weight is 373 g/mol. The van der Waals surface area contributed by atoms with Crippen LogP contribution in [0.3, 0.4) is 0 Å². The maximum Gasteiger partial charge on any atom is 0.419 e. The SMILES string of the molecule is Cn1c(=O)oc2cc(S(=O)(=O)Nc3cc(Cl)ccc3Cl)ccc21. The molecule has 0 bridgehead atoms. The first kappa shape index (κ1) is 15.9. The largest absolute Gasteiger partial charge is 0.419 e. The van der Waals surface area contributed by atoms with Crippen LogP contribution in [0.2, 0.25) is 10.0 Å². The summed E-state index contributed by atoms with van der Waals surface area (Å²) in [5.41, 5.74) is 0.834. The molecule has 0 aliphatic carbocycles. The monoisotopic (exact) mass is 372 g/mol. The van der Waals surface area contributed by atoms with Gasteiger partial charge in [0.1, 0.15) is 0 Å². The normalized spacial score (nSPS) is 11.8. The Balaban J connectivity index is 2.05. The number of aryl methyl sites for hydroxylation is 1. The van der Waals surface area contributed by atoms with E-state index in [1.807, 2.05) is 0 Å². The summed E-state index contributed by atoms with van der Waals surface area (Å²) in [6.07, 6.45) is 0. The highest BCUT2D eigenvalue weighted by molar-refractivity contribution is 7.92. The Morgan fingerprint density at radius 2 is 1.87 bits per heavy atom. The van der Waals surface area contributed by atoms with Crippen molar-refractivity contribution < 1.29 is 12.8 Å². The maximum atomic E-state index is 12.5. The number of sulfonamides is 1. The Morgan fingerprint density at radius 3 is 2.61 bits per heavy atom. The van der Waals surface area contributed by atoms with Crippen molar-refractivity contribution in [3.05, 3.63) is 57.0 Å². The summed E-state index contributed by atoms with van der Waals surface area (Å²) in [6.45, 7) is 0. The molecule has 6 nitrogen and oxygen atoms in total. The van der Waals surface area contributed by atoms with Crippen LogP contribution in [-0.4, -0.2) is 13.0 Å². The second-order valence-corrected chi connectivity index (χ2v) is 7.31. The molecule has 0 unspecified atom stereocenters. The summed E-state index contributed by atoms with van der Waals surface area (Å²) in [6, 6.07) is 8.58. The molecule has 2 aromatic carbocycles. The predicted octanol–water partition coefficient (Wildman–Crippen LogP) is 3.24. The highest BCUT2D eigenvalue weighted by Crippen LogP contribution is 2.28. The van der Waals surface area contributed by atoms with Crippen molar-refractivity contribution in [3.8, 4) is 0 Å². The third-order valence-corrected chi connectivity index (χ3v) is 5.17. The summed E-state index contributed by atoms with van der Waals surface area (Å²) in [5, 5.41) is 0.557. The summed E-state index contributed by atoms with van der Waals surface area (Å²) in [7, 11) is -2.38. The third-order valence-electron chi connectivity index (χ3n) is 3.25. The molecule has 0 aliphatic rings. The van der Waals surface area contributed by atoms with Gasteiger partial charge in [-0.25, -0.2) is 13.2 Å². The molecule has 0 saturated heterocycles. The lowest BCUT2D eigenvalue weighted by molar-refractivity contribution is 0.527. The fourth-order valence-corrected chi connectivity index (χ4v) is 3.54. The van der Waals surface area contributed by atoms with Crippen molar-refractivity contribution in [1.29, 1.82) is 0 Å². The maximum absolute atomic E-state index is 12.5. The highest BCUT2D eigenvalue weighted by atomic mass is 35.5. The van der Waals surface area contributed by atoms with Gasteiger partial charge in [-0.1, -0.05) is 23.2 Å². The van der Waals surface area contributed by atoms with Gasteiger partial charge in [-0.05, 0) is 30.3 Å². The van der Waals surface area contributed by atoms with E-state index in [2.05, 4.69) is 4.72 Å². The van der Waals surface area contributed by atoms with Crippen LogP contribution in [0.4, 0.5) is 5.69 Å². The number of nitrogens with zero attached hydrogens (tertiary/aromatic N) is 1. The van der Waals surface area contributed by atoms with Gasteiger partial charge in [-0.2, -0.15) is 0 Å². The second kappa shape index (κ2) is 5.59. The van der Waals surface area contributed by atoms with Crippen LogP contribution in [0.15, 0.2) is 50.5 Å². The van der Waals surface area contributed by atoms with E-state index >= 15 is 0 Å². The zero-order valence-corrected chi connectivity index (χ0v) is 14.0. The lowest BCUT2D eigenvalue weighted by Crippen LogP contribution is -2.13. The lowest BCUT2D eigenvalue weighted by atomic mass is 10.3. The summed E-state index contributed by atoms with van der Waals surface area (Å²) >= 11 is 11.8. The second-order valence-electron chi connectivity index (χ2n) is 4.79. The fourth-order valence-electron chi connectivity index (χ4n) is 2.06. The molecule has 1 aromatic heterocycles. The Bertz CT molecular complexity index is 1070. The summed E-state index contributed by atoms with van der Waals surface area (Å²) in [5.74, 6) is -0.569. The van der Waals surface area contributed by atoms with E-state index in [4.69, 9.17) is 27.6 Å². The molecule has 0 atom stereocenters. The Labute approximate surface area is 141 Å². The van der Waals surface area contributed by atoms with Gasteiger partial charge in [-0.15, -0.1) is 0 Å². The average Bonchev–Trinajstić information content (AvgIpc) is 2.77. The molecule has 0 radical (unpaired) electrons. The zero-order chi connectivity index (χ0) is 16.8. The molecule has 0 aliphatic heterocycles. The van der Waals surface area contributed by atoms with Gasteiger partial charge in [0, 0.05) is 18.1 Å². The van der Waals surface area contributed by atoms with Crippen LogP contribution >= 0.6 is 23.2 Å². The van der Waals surface area contributed by atoms with Crippen LogP contribution in [0.1, 0.15) is 0 Å². The van der Waals surface area contributed by atoms with E-state index in [0.29, 0.717) is 10.5 Å². The van der Waals surface area contributed by atoms with E-state index < -0.39 is 15.8 Å². The number of hydrogen-bond acceptors (Lipinski definition) is 4. The standard InChI is InChI=1S/C14H10Cl2N2O4S/c1-18-12-5-3-9(7-13(12)22-14(18)19)23(20,21)17-11-6-8(15)2-4-10(11)16/h2-7,17H,1H3. The number of fused-ring (bicyclic) bond motifs is 1.